The molecule has 0 atom stereocenters. The van der Waals surface area contributed by atoms with E-state index in [2.05, 4.69) is 28.9 Å². The van der Waals surface area contributed by atoms with Gasteiger partial charge in [-0.05, 0) is 0 Å². The van der Waals surface area contributed by atoms with Crippen molar-refractivity contribution < 1.29 is 19.1 Å². The number of urea groups is 1. The summed E-state index contributed by atoms with van der Waals surface area (Å²) in [6, 6.07) is 15.6. The summed E-state index contributed by atoms with van der Waals surface area (Å²) < 4.78 is 7.50. The third-order valence-corrected chi connectivity index (χ3v) is 10.4. The molecule has 1 radical (unpaired) electrons. The van der Waals surface area contributed by atoms with E-state index in [9.17, 15) is 14.4 Å². The van der Waals surface area contributed by atoms with Crippen molar-refractivity contribution in [3.05, 3.63) is 70.9 Å². The molecule has 3 aromatic rings. The third kappa shape index (κ3) is 7.44. The van der Waals surface area contributed by atoms with Crippen LogP contribution in [0.25, 0.3) is 0 Å². The van der Waals surface area contributed by atoms with Crippen molar-refractivity contribution in [3.8, 4) is 0 Å². The van der Waals surface area contributed by atoms with Gasteiger partial charge in [0.2, 0.25) is 0 Å². The standard InChI is InChI=1S/C34H44AsN6O4/c1-7-24-11-9-10-12-28(24)40(8-2)32(43)39-21-27-29(22-39)41(33(44)45-23-34(3,4)5)36-30(27)35-31(42)25-13-15-26(16-14-25)38-19-17-37(6)18-20-38/h9-16H,7-8,17-23H2,1-6H3. The summed E-state index contributed by atoms with van der Waals surface area (Å²) >= 11 is -1.06. The second-order valence-corrected chi connectivity index (χ2v) is 15.1. The average Bonchev–Trinajstić information content (AvgIpc) is 3.61. The number of likely N-dealkylation sites (N-methyl/N-ethyl adjacent to an activating group) is 1. The van der Waals surface area contributed by atoms with Crippen molar-refractivity contribution in [2.75, 3.05) is 56.2 Å². The molecule has 45 heavy (non-hydrogen) atoms. The van der Waals surface area contributed by atoms with Crippen LogP contribution in [0.3, 0.4) is 0 Å². The predicted molar refractivity (Wildman–Crippen MR) is 178 cm³/mol. The van der Waals surface area contributed by atoms with Crippen LogP contribution in [0.1, 0.15) is 61.8 Å². The molecule has 2 aliphatic rings. The second-order valence-electron chi connectivity index (χ2n) is 12.9. The van der Waals surface area contributed by atoms with Crippen molar-refractivity contribution in [2.24, 2.45) is 5.41 Å². The molecule has 3 heterocycles. The third-order valence-electron chi connectivity index (χ3n) is 8.23. The monoisotopic (exact) mass is 675 g/mol. The molecule has 0 unspecified atom stereocenters. The molecule has 0 spiro atoms. The molecule has 1 aromatic heterocycles. The number of para-hydroxylation sites is 1. The fraction of sp³-hybridized carbons (Fsp3) is 0.471. The van der Waals surface area contributed by atoms with Crippen molar-refractivity contribution in [3.63, 3.8) is 0 Å². The van der Waals surface area contributed by atoms with Gasteiger partial charge in [0, 0.05) is 0 Å². The summed E-state index contributed by atoms with van der Waals surface area (Å²) in [7, 11) is 2.13. The number of carbonyl (C=O) groups excluding carboxylic acids is 3. The van der Waals surface area contributed by atoms with Crippen LogP contribution in [0.5, 0.6) is 0 Å². The van der Waals surface area contributed by atoms with Gasteiger partial charge >= 0.3 is 274 Å². The number of aryl methyl sites for hydroxylation is 1. The molecule has 239 valence electrons. The van der Waals surface area contributed by atoms with E-state index in [0.29, 0.717) is 22.3 Å². The first-order valence-electron chi connectivity index (χ1n) is 15.7. The van der Waals surface area contributed by atoms with E-state index in [-0.39, 0.29) is 35.7 Å². The number of anilines is 2. The normalized spacial score (nSPS) is 15.5. The molecule has 5 rings (SSSR count). The Hall–Kier alpha value is -3.62. The zero-order chi connectivity index (χ0) is 32.3. The number of fused-ring (bicyclic) bond motifs is 1. The molecule has 11 heteroatoms. The van der Waals surface area contributed by atoms with Crippen LogP contribution in [0.4, 0.5) is 21.0 Å². The number of rotatable bonds is 8. The van der Waals surface area contributed by atoms with Crippen LogP contribution >= 0.6 is 0 Å². The zero-order valence-corrected chi connectivity index (χ0v) is 29.1. The van der Waals surface area contributed by atoms with Crippen LogP contribution in [-0.4, -0.2) is 98.4 Å². The van der Waals surface area contributed by atoms with Gasteiger partial charge in [0.15, 0.2) is 0 Å². The Labute approximate surface area is 273 Å². The number of nitrogens with zero attached hydrogens (tertiary/aromatic N) is 6. The summed E-state index contributed by atoms with van der Waals surface area (Å²) in [5, 5.41) is 4.64. The number of piperazine rings is 1. The number of hydrogen-bond donors (Lipinski definition) is 0. The first-order valence-corrected chi connectivity index (χ1v) is 17.6. The van der Waals surface area contributed by atoms with Gasteiger partial charge < -0.3 is 0 Å². The molecule has 2 aromatic carbocycles. The van der Waals surface area contributed by atoms with E-state index in [1.807, 2.05) is 76.2 Å². The first kappa shape index (κ1) is 32.8. The van der Waals surface area contributed by atoms with E-state index >= 15 is 0 Å². The molecule has 2 amide bonds. The molecule has 0 bridgehead atoms. The summed E-state index contributed by atoms with van der Waals surface area (Å²) in [5.74, 6) is 0. The van der Waals surface area contributed by atoms with Crippen molar-refractivity contribution in [1.29, 1.82) is 0 Å². The molecule has 2 aliphatic heterocycles. The van der Waals surface area contributed by atoms with Gasteiger partial charge in [0.25, 0.3) is 0 Å². The van der Waals surface area contributed by atoms with Gasteiger partial charge in [-0.15, -0.1) is 0 Å². The van der Waals surface area contributed by atoms with Crippen LogP contribution in [0, 0.1) is 5.41 Å². The second kappa shape index (κ2) is 13.8. The van der Waals surface area contributed by atoms with Gasteiger partial charge in [0.05, 0.1) is 0 Å². The fourth-order valence-corrected chi connectivity index (χ4v) is 7.60. The maximum absolute atomic E-state index is 13.9. The van der Waals surface area contributed by atoms with E-state index in [4.69, 9.17) is 4.74 Å². The molecular weight excluding hydrogens is 631 g/mol. The number of ether oxygens (including phenoxy) is 1. The van der Waals surface area contributed by atoms with Gasteiger partial charge in [-0.3, -0.25) is 0 Å². The zero-order valence-electron chi connectivity index (χ0n) is 27.2. The Kier molecular flexibility index (Phi) is 10.0. The van der Waals surface area contributed by atoms with E-state index in [1.165, 1.54) is 4.68 Å². The number of benzene rings is 2. The number of carbonyl (C=O) groups is 3. The Morgan fingerprint density at radius 2 is 1.64 bits per heavy atom. The van der Waals surface area contributed by atoms with Crippen LogP contribution in [0.2, 0.25) is 0 Å². The van der Waals surface area contributed by atoms with Crippen LogP contribution < -0.4 is 14.3 Å². The molecule has 1 saturated heterocycles. The molecule has 0 aliphatic carbocycles. The van der Waals surface area contributed by atoms with Crippen molar-refractivity contribution in [2.45, 2.75) is 54.1 Å². The number of hydrogen-bond acceptors (Lipinski definition) is 7. The Bertz CT molecular complexity index is 1540. The maximum atomic E-state index is 13.9. The van der Waals surface area contributed by atoms with Gasteiger partial charge in [0.1, 0.15) is 0 Å². The molecule has 10 nitrogen and oxygen atoms in total. The SMILES string of the molecule is CCc1ccccc1N(CC)C(=O)N1Cc2c([As]C(=O)c3ccc(N4CCN(C)CC4)cc3)nn(C(=O)OCC(C)(C)C)c2C1. The van der Waals surface area contributed by atoms with E-state index in [1.54, 1.807) is 9.80 Å². The molecular formula is C34H44AsN6O4. The van der Waals surface area contributed by atoms with Crippen LogP contribution in [0.15, 0.2) is 48.5 Å². The average molecular weight is 676 g/mol. The summed E-state index contributed by atoms with van der Waals surface area (Å²) in [4.78, 5) is 48.9. The minimum absolute atomic E-state index is 0.00326. The molecule has 0 saturated carbocycles. The predicted octanol–water partition coefficient (Wildman–Crippen LogP) is 4.36. The Morgan fingerprint density at radius 3 is 2.29 bits per heavy atom. The quantitative estimate of drug-likeness (QED) is 0.328. The first-order chi connectivity index (χ1) is 21.5. The summed E-state index contributed by atoms with van der Waals surface area (Å²) in [5.41, 5.74) is 4.90. The summed E-state index contributed by atoms with van der Waals surface area (Å²) in [6.07, 6.45) is 0.219. The Balaban J connectivity index is 1.38. The van der Waals surface area contributed by atoms with Gasteiger partial charge in [-0.1, -0.05) is 0 Å². The van der Waals surface area contributed by atoms with E-state index in [0.717, 1.165) is 55.1 Å². The topological polar surface area (TPSA) is 91.2 Å². The number of amides is 2. The Morgan fingerprint density at radius 1 is 0.956 bits per heavy atom. The van der Waals surface area contributed by atoms with Gasteiger partial charge in [-0.2, -0.15) is 0 Å². The molecule has 0 N–H and O–H groups in total. The number of aromatic nitrogens is 2. The fourth-order valence-electron chi connectivity index (χ4n) is 5.63. The van der Waals surface area contributed by atoms with E-state index < -0.39 is 21.8 Å². The van der Waals surface area contributed by atoms with Crippen molar-refractivity contribution >= 4 is 48.3 Å². The summed E-state index contributed by atoms with van der Waals surface area (Å²) in [6.45, 7) is 15.2. The minimum atomic E-state index is -1.06. The molecule has 1 fully saturated rings. The van der Waals surface area contributed by atoms with Crippen molar-refractivity contribution in [1.82, 2.24) is 19.6 Å². The van der Waals surface area contributed by atoms with Gasteiger partial charge in [-0.25, -0.2) is 0 Å². The van der Waals surface area contributed by atoms with Crippen LogP contribution in [-0.2, 0) is 24.2 Å².